The van der Waals surface area contributed by atoms with Crippen LogP contribution in [0, 0.1) is 10.1 Å². The molecule has 0 saturated heterocycles. The Morgan fingerprint density at radius 1 is 1.07 bits per heavy atom. The quantitative estimate of drug-likeness (QED) is 0.231. The molecule has 1 heterocycles. The summed E-state index contributed by atoms with van der Waals surface area (Å²) >= 11 is 0. The topological polar surface area (TPSA) is 124 Å². The summed E-state index contributed by atoms with van der Waals surface area (Å²) in [5.74, 6) is -0.690. The Bertz CT molecular complexity index is 1010. The lowest BCUT2D eigenvalue weighted by Crippen LogP contribution is -2.17. The van der Waals surface area contributed by atoms with Gasteiger partial charge in [-0.1, -0.05) is 0 Å². The van der Waals surface area contributed by atoms with Crippen LogP contribution >= 0.6 is 0 Å². The summed E-state index contributed by atoms with van der Waals surface area (Å²) in [4.78, 5) is 33.8. The maximum Gasteiger partial charge on any atom is 0.379 e. The summed E-state index contributed by atoms with van der Waals surface area (Å²) in [6.45, 7) is 0. The molecule has 0 spiro atoms. The molecule has 140 valence electrons. The molecule has 3 rings (SSSR count). The molecule has 0 atom stereocenters. The van der Waals surface area contributed by atoms with Gasteiger partial charge in [-0.15, -0.1) is 0 Å². The Balaban J connectivity index is 1.54. The van der Waals surface area contributed by atoms with E-state index in [1.54, 1.807) is 30.3 Å². The predicted molar refractivity (Wildman–Crippen MR) is 98.3 cm³/mol. The van der Waals surface area contributed by atoms with E-state index in [1.807, 2.05) is 0 Å². The standard InChI is InChI=1S/C19H13N3O6/c23-18(14-5-7-15(8-6-14)22(25)26)21-20-12-13-3-9-16(10-4-13)28-19(24)17-2-1-11-27-17/h1-12H,(H,21,23)/b20-12+. The number of carbonyl (C=O) groups excluding carboxylic acids is 2. The van der Waals surface area contributed by atoms with Crippen LogP contribution in [0.15, 0.2) is 76.4 Å². The summed E-state index contributed by atoms with van der Waals surface area (Å²) in [5.41, 5.74) is 3.11. The van der Waals surface area contributed by atoms with Crippen molar-refractivity contribution in [1.29, 1.82) is 0 Å². The number of hydrazone groups is 1. The highest BCUT2D eigenvalue weighted by molar-refractivity contribution is 5.95. The third-order valence-electron chi connectivity index (χ3n) is 3.53. The molecule has 9 heteroatoms. The van der Waals surface area contributed by atoms with Gasteiger partial charge in [0.25, 0.3) is 11.6 Å². The number of esters is 1. The fourth-order valence-corrected chi connectivity index (χ4v) is 2.14. The van der Waals surface area contributed by atoms with E-state index in [9.17, 15) is 19.7 Å². The van der Waals surface area contributed by atoms with E-state index in [0.717, 1.165) is 0 Å². The van der Waals surface area contributed by atoms with Gasteiger partial charge in [0, 0.05) is 17.7 Å². The Labute approximate surface area is 158 Å². The SMILES string of the molecule is O=C(N/N=C/c1ccc(OC(=O)c2ccco2)cc1)c1ccc([N+](=O)[O-])cc1. The molecule has 0 bridgehead atoms. The lowest BCUT2D eigenvalue weighted by atomic mass is 10.2. The van der Waals surface area contributed by atoms with Crippen LogP contribution in [0.2, 0.25) is 0 Å². The summed E-state index contributed by atoms with van der Waals surface area (Å²) in [6, 6.07) is 14.7. The smallest absolute Gasteiger partial charge is 0.379 e. The van der Waals surface area contributed by atoms with E-state index in [0.29, 0.717) is 11.3 Å². The van der Waals surface area contributed by atoms with Crippen molar-refractivity contribution in [2.24, 2.45) is 5.10 Å². The summed E-state index contributed by atoms with van der Waals surface area (Å²) in [6.07, 6.45) is 2.78. The summed E-state index contributed by atoms with van der Waals surface area (Å²) in [7, 11) is 0. The van der Waals surface area contributed by atoms with Crippen molar-refractivity contribution in [2.75, 3.05) is 0 Å². The van der Waals surface area contributed by atoms with Gasteiger partial charge in [-0.25, -0.2) is 10.2 Å². The maximum absolute atomic E-state index is 11.9. The number of hydrogen-bond donors (Lipinski definition) is 1. The van der Waals surface area contributed by atoms with Crippen molar-refractivity contribution < 1.29 is 23.7 Å². The number of ether oxygens (including phenoxy) is 1. The normalized spacial score (nSPS) is 10.6. The van der Waals surface area contributed by atoms with Crippen LogP contribution in [0.1, 0.15) is 26.5 Å². The predicted octanol–water partition coefficient (Wildman–Crippen LogP) is 3.17. The molecule has 2 aromatic carbocycles. The third kappa shape index (κ3) is 4.67. The van der Waals surface area contributed by atoms with Crippen molar-refractivity contribution in [3.8, 4) is 5.75 Å². The second kappa shape index (κ2) is 8.41. The van der Waals surface area contributed by atoms with E-state index < -0.39 is 16.8 Å². The molecule has 1 amide bonds. The molecule has 28 heavy (non-hydrogen) atoms. The van der Waals surface area contributed by atoms with E-state index in [4.69, 9.17) is 9.15 Å². The van der Waals surface area contributed by atoms with Crippen molar-refractivity contribution in [2.45, 2.75) is 0 Å². The molecule has 0 aliphatic rings. The van der Waals surface area contributed by atoms with Crippen LogP contribution in [-0.4, -0.2) is 23.0 Å². The van der Waals surface area contributed by atoms with Crippen LogP contribution in [0.4, 0.5) is 5.69 Å². The Hall–Kier alpha value is -4.27. The number of benzene rings is 2. The fraction of sp³-hybridized carbons (Fsp3) is 0. The van der Waals surface area contributed by atoms with Gasteiger partial charge in [0.1, 0.15) is 5.75 Å². The highest BCUT2D eigenvalue weighted by atomic mass is 16.6. The first-order valence-electron chi connectivity index (χ1n) is 7.96. The zero-order valence-corrected chi connectivity index (χ0v) is 14.3. The van der Waals surface area contributed by atoms with Gasteiger partial charge in [0.15, 0.2) is 0 Å². The molecular weight excluding hydrogens is 366 g/mol. The first kappa shape index (κ1) is 18.5. The lowest BCUT2D eigenvalue weighted by molar-refractivity contribution is -0.384. The van der Waals surface area contributed by atoms with Crippen LogP contribution in [-0.2, 0) is 0 Å². The van der Waals surface area contributed by atoms with Gasteiger partial charge < -0.3 is 9.15 Å². The van der Waals surface area contributed by atoms with Crippen molar-refractivity contribution in [3.63, 3.8) is 0 Å². The van der Waals surface area contributed by atoms with Gasteiger partial charge in [0.05, 0.1) is 17.4 Å². The largest absolute Gasteiger partial charge is 0.457 e. The molecule has 0 fully saturated rings. The highest BCUT2D eigenvalue weighted by Gasteiger charge is 2.11. The molecule has 0 aliphatic heterocycles. The lowest BCUT2D eigenvalue weighted by Gasteiger charge is -2.02. The number of carbonyl (C=O) groups is 2. The number of non-ortho nitro benzene ring substituents is 1. The number of hydrogen-bond acceptors (Lipinski definition) is 7. The van der Waals surface area contributed by atoms with Gasteiger partial charge in [-0.3, -0.25) is 14.9 Å². The first-order chi connectivity index (χ1) is 13.5. The number of nitro groups is 1. The zero-order valence-electron chi connectivity index (χ0n) is 14.3. The molecule has 3 aromatic rings. The molecule has 0 radical (unpaired) electrons. The fourth-order valence-electron chi connectivity index (χ4n) is 2.14. The Morgan fingerprint density at radius 2 is 1.79 bits per heavy atom. The third-order valence-corrected chi connectivity index (χ3v) is 3.53. The minimum Gasteiger partial charge on any atom is -0.457 e. The molecule has 1 N–H and O–H groups in total. The van der Waals surface area contributed by atoms with Crippen molar-refractivity contribution >= 4 is 23.8 Å². The average molecular weight is 379 g/mol. The minimum absolute atomic E-state index is 0.0968. The van der Waals surface area contributed by atoms with E-state index in [1.165, 1.54) is 42.8 Å². The molecule has 1 aromatic heterocycles. The first-order valence-corrected chi connectivity index (χ1v) is 7.96. The highest BCUT2D eigenvalue weighted by Crippen LogP contribution is 2.14. The maximum atomic E-state index is 11.9. The molecule has 9 nitrogen and oxygen atoms in total. The van der Waals surface area contributed by atoms with Crippen molar-refractivity contribution in [1.82, 2.24) is 5.43 Å². The van der Waals surface area contributed by atoms with Crippen LogP contribution in [0.5, 0.6) is 5.75 Å². The number of furan rings is 1. The average Bonchev–Trinajstić information content (AvgIpc) is 3.24. The minimum atomic E-state index is -0.609. The number of nitrogens with zero attached hydrogens (tertiary/aromatic N) is 2. The van der Waals surface area contributed by atoms with Gasteiger partial charge in [0.2, 0.25) is 5.76 Å². The second-order valence-corrected chi connectivity index (χ2v) is 5.44. The van der Waals surface area contributed by atoms with E-state index in [2.05, 4.69) is 10.5 Å². The monoisotopic (exact) mass is 379 g/mol. The second-order valence-electron chi connectivity index (χ2n) is 5.44. The van der Waals surface area contributed by atoms with Crippen LogP contribution in [0.3, 0.4) is 0 Å². The number of nitro benzene ring substituents is 1. The number of rotatable bonds is 6. The number of amides is 1. The number of nitrogens with one attached hydrogen (secondary N) is 1. The van der Waals surface area contributed by atoms with Crippen molar-refractivity contribution in [3.05, 3.63) is 93.9 Å². The van der Waals surface area contributed by atoms with Gasteiger partial charge in [-0.2, -0.15) is 5.10 Å². The molecule has 0 saturated carbocycles. The molecule has 0 unspecified atom stereocenters. The summed E-state index contributed by atoms with van der Waals surface area (Å²) < 4.78 is 10.1. The van der Waals surface area contributed by atoms with Crippen LogP contribution in [0.25, 0.3) is 0 Å². The summed E-state index contributed by atoms with van der Waals surface area (Å²) in [5, 5.41) is 14.4. The Morgan fingerprint density at radius 3 is 2.39 bits per heavy atom. The zero-order chi connectivity index (χ0) is 19.9. The van der Waals surface area contributed by atoms with Gasteiger partial charge in [-0.05, 0) is 54.1 Å². The Kier molecular flexibility index (Phi) is 5.56. The van der Waals surface area contributed by atoms with Gasteiger partial charge >= 0.3 is 5.97 Å². The van der Waals surface area contributed by atoms with E-state index >= 15 is 0 Å². The molecular formula is C19H13N3O6. The van der Waals surface area contributed by atoms with E-state index in [-0.39, 0.29) is 17.0 Å². The molecule has 0 aliphatic carbocycles. The van der Waals surface area contributed by atoms with Crippen LogP contribution < -0.4 is 10.2 Å².